The fourth-order valence-corrected chi connectivity index (χ4v) is 4.28. The van der Waals surface area contributed by atoms with Gasteiger partial charge in [-0.25, -0.2) is 9.97 Å². The Labute approximate surface area is 140 Å². The third-order valence-corrected chi connectivity index (χ3v) is 5.80. The van der Waals surface area contributed by atoms with Crippen molar-refractivity contribution in [3.8, 4) is 0 Å². The highest BCUT2D eigenvalue weighted by Crippen LogP contribution is 2.26. The zero-order valence-corrected chi connectivity index (χ0v) is 14.9. The van der Waals surface area contributed by atoms with Crippen molar-refractivity contribution in [1.82, 2.24) is 14.9 Å². The summed E-state index contributed by atoms with van der Waals surface area (Å²) >= 11 is 3.50. The normalized spacial score (nSPS) is 19.6. The number of unbranched alkanes of at least 4 members (excludes halogenated alkanes) is 1. The lowest BCUT2D eigenvalue weighted by molar-refractivity contribution is -0.0333. The molecule has 0 amide bonds. The first kappa shape index (κ1) is 16.1. The second-order valence-corrected chi connectivity index (χ2v) is 7.59. The Morgan fingerprint density at radius 3 is 3.00 bits per heavy atom. The monoisotopic (exact) mass is 337 g/mol. The molecule has 3 rings (SSSR count). The Morgan fingerprint density at radius 1 is 1.32 bits per heavy atom. The quantitative estimate of drug-likeness (QED) is 0.803. The van der Waals surface area contributed by atoms with Gasteiger partial charge in [-0.1, -0.05) is 13.3 Å². The molecule has 0 saturated carbocycles. The van der Waals surface area contributed by atoms with Gasteiger partial charge < -0.3 is 4.74 Å². The van der Waals surface area contributed by atoms with Crippen LogP contribution in [0.3, 0.4) is 0 Å². The van der Waals surface area contributed by atoms with Gasteiger partial charge in [-0.3, -0.25) is 4.90 Å². The number of nitrogens with zero attached hydrogens (tertiary/aromatic N) is 3. The standard InChI is InChI=1S/C16H23N3OS2/c1-3-4-5-15-18-13(11-21-15)8-19-6-7-20-14(9-19)16-17-12(2)10-22-16/h10-11,14H,3-9H2,1-2H3. The van der Waals surface area contributed by atoms with Gasteiger partial charge in [0.1, 0.15) is 11.1 Å². The van der Waals surface area contributed by atoms with Crippen molar-refractivity contribution in [1.29, 1.82) is 0 Å². The topological polar surface area (TPSA) is 38.2 Å². The minimum atomic E-state index is 0.116. The molecular weight excluding hydrogens is 314 g/mol. The number of morpholine rings is 1. The number of rotatable bonds is 6. The van der Waals surface area contributed by atoms with Crippen molar-refractivity contribution in [2.75, 3.05) is 19.7 Å². The predicted molar refractivity (Wildman–Crippen MR) is 91.5 cm³/mol. The molecule has 0 N–H and O–H groups in total. The molecule has 0 spiro atoms. The summed E-state index contributed by atoms with van der Waals surface area (Å²) in [6.45, 7) is 7.84. The lowest BCUT2D eigenvalue weighted by Gasteiger charge is -2.31. The highest BCUT2D eigenvalue weighted by molar-refractivity contribution is 7.10. The van der Waals surface area contributed by atoms with Crippen molar-refractivity contribution < 1.29 is 4.74 Å². The molecule has 0 radical (unpaired) electrons. The summed E-state index contributed by atoms with van der Waals surface area (Å²) in [5.41, 5.74) is 2.29. The van der Waals surface area contributed by atoms with E-state index in [0.29, 0.717) is 0 Å². The molecule has 0 bridgehead atoms. The zero-order valence-electron chi connectivity index (χ0n) is 13.2. The molecule has 1 unspecified atom stereocenters. The van der Waals surface area contributed by atoms with Crippen molar-refractivity contribution in [2.45, 2.75) is 45.8 Å². The lowest BCUT2D eigenvalue weighted by atomic mass is 10.2. The van der Waals surface area contributed by atoms with Gasteiger partial charge in [-0.2, -0.15) is 0 Å². The van der Waals surface area contributed by atoms with E-state index in [1.54, 1.807) is 22.7 Å². The van der Waals surface area contributed by atoms with Crippen LogP contribution in [0.1, 0.15) is 47.3 Å². The number of hydrogen-bond donors (Lipinski definition) is 0. The zero-order chi connectivity index (χ0) is 15.4. The first-order chi connectivity index (χ1) is 10.7. The molecule has 1 saturated heterocycles. The van der Waals surface area contributed by atoms with E-state index < -0.39 is 0 Å². The molecule has 1 atom stereocenters. The molecule has 0 aliphatic carbocycles. The fraction of sp³-hybridized carbons (Fsp3) is 0.625. The summed E-state index contributed by atoms with van der Waals surface area (Å²) < 4.78 is 5.89. The number of ether oxygens (including phenoxy) is 1. The summed E-state index contributed by atoms with van der Waals surface area (Å²) in [5.74, 6) is 0. The van der Waals surface area contributed by atoms with Gasteiger partial charge in [0.05, 0.1) is 17.3 Å². The van der Waals surface area contributed by atoms with Gasteiger partial charge >= 0.3 is 0 Å². The van der Waals surface area contributed by atoms with E-state index >= 15 is 0 Å². The van der Waals surface area contributed by atoms with Crippen molar-refractivity contribution in [2.24, 2.45) is 0 Å². The Kier molecular flexibility index (Phi) is 5.57. The van der Waals surface area contributed by atoms with Crippen LogP contribution in [-0.4, -0.2) is 34.6 Å². The lowest BCUT2D eigenvalue weighted by Crippen LogP contribution is -2.37. The Morgan fingerprint density at radius 2 is 2.23 bits per heavy atom. The maximum absolute atomic E-state index is 5.89. The summed E-state index contributed by atoms with van der Waals surface area (Å²) in [6, 6.07) is 0. The number of thiazole rings is 2. The first-order valence-corrected chi connectivity index (χ1v) is 9.69. The van der Waals surface area contributed by atoms with Crippen molar-refractivity contribution in [3.63, 3.8) is 0 Å². The molecule has 120 valence electrons. The van der Waals surface area contributed by atoms with E-state index in [-0.39, 0.29) is 6.10 Å². The molecular formula is C16H23N3OS2. The van der Waals surface area contributed by atoms with E-state index in [0.717, 1.165) is 43.4 Å². The minimum absolute atomic E-state index is 0.116. The van der Waals surface area contributed by atoms with Crippen molar-refractivity contribution >= 4 is 22.7 Å². The van der Waals surface area contributed by atoms with E-state index in [1.807, 2.05) is 6.92 Å². The summed E-state index contributed by atoms with van der Waals surface area (Å²) in [7, 11) is 0. The third-order valence-electron chi connectivity index (χ3n) is 3.79. The molecule has 6 heteroatoms. The van der Waals surface area contributed by atoms with Crippen LogP contribution >= 0.6 is 22.7 Å². The van der Waals surface area contributed by atoms with Crippen LogP contribution in [0.5, 0.6) is 0 Å². The molecule has 0 aromatic carbocycles. The average molecular weight is 338 g/mol. The van der Waals surface area contributed by atoms with Gasteiger partial charge in [0.15, 0.2) is 0 Å². The predicted octanol–water partition coefficient (Wildman–Crippen LogP) is 3.82. The minimum Gasteiger partial charge on any atom is -0.368 e. The number of aryl methyl sites for hydroxylation is 2. The molecule has 1 aliphatic heterocycles. The van der Waals surface area contributed by atoms with Crippen LogP contribution in [0.25, 0.3) is 0 Å². The highest BCUT2D eigenvalue weighted by atomic mass is 32.1. The highest BCUT2D eigenvalue weighted by Gasteiger charge is 2.24. The Hall–Kier alpha value is -0.820. The SMILES string of the molecule is CCCCc1nc(CN2CCOC(c3nc(C)cs3)C2)cs1. The van der Waals surface area contributed by atoms with Crippen LogP contribution in [-0.2, 0) is 17.7 Å². The largest absolute Gasteiger partial charge is 0.368 e. The van der Waals surface area contributed by atoms with E-state index in [9.17, 15) is 0 Å². The number of aromatic nitrogens is 2. The maximum atomic E-state index is 5.89. The smallest absolute Gasteiger partial charge is 0.123 e. The van der Waals surface area contributed by atoms with Gasteiger partial charge in [-0.15, -0.1) is 22.7 Å². The second kappa shape index (κ2) is 7.64. The fourth-order valence-electron chi connectivity index (χ4n) is 2.61. The molecule has 1 aliphatic rings. The molecule has 1 fully saturated rings. The van der Waals surface area contributed by atoms with Crippen LogP contribution in [0.4, 0.5) is 0 Å². The molecule has 2 aromatic heterocycles. The van der Waals surface area contributed by atoms with Gasteiger partial charge in [0.25, 0.3) is 0 Å². The Balaban J connectivity index is 1.57. The maximum Gasteiger partial charge on any atom is 0.123 e. The molecule has 2 aromatic rings. The Bertz CT molecular complexity index is 596. The molecule has 22 heavy (non-hydrogen) atoms. The summed E-state index contributed by atoms with van der Waals surface area (Å²) in [5, 5.41) is 6.68. The summed E-state index contributed by atoms with van der Waals surface area (Å²) in [6.07, 6.45) is 3.69. The van der Waals surface area contributed by atoms with Crippen LogP contribution in [0, 0.1) is 6.92 Å². The van der Waals surface area contributed by atoms with Gasteiger partial charge in [0, 0.05) is 36.1 Å². The van der Waals surface area contributed by atoms with E-state index in [2.05, 4.69) is 27.6 Å². The molecule has 4 nitrogen and oxygen atoms in total. The van der Waals surface area contributed by atoms with Crippen molar-refractivity contribution in [3.05, 3.63) is 32.2 Å². The second-order valence-electron chi connectivity index (χ2n) is 5.76. The van der Waals surface area contributed by atoms with E-state index in [1.165, 1.54) is 23.5 Å². The van der Waals surface area contributed by atoms with Crippen LogP contribution in [0.15, 0.2) is 10.8 Å². The first-order valence-electron chi connectivity index (χ1n) is 7.94. The summed E-state index contributed by atoms with van der Waals surface area (Å²) in [4.78, 5) is 11.8. The van der Waals surface area contributed by atoms with E-state index in [4.69, 9.17) is 9.72 Å². The molecule has 3 heterocycles. The van der Waals surface area contributed by atoms with Gasteiger partial charge in [0.2, 0.25) is 0 Å². The average Bonchev–Trinajstić information content (AvgIpc) is 3.15. The van der Waals surface area contributed by atoms with Gasteiger partial charge in [-0.05, 0) is 19.8 Å². The van der Waals surface area contributed by atoms with Crippen LogP contribution in [0.2, 0.25) is 0 Å². The van der Waals surface area contributed by atoms with Crippen LogP contribution < -0.4 is 0 Å². The number of hydrogen-bond acceptors (Lipinski definition) is 6. The third kappa shape index (κ3) is 4.13.